The molecule has 86 valence electrons. The first-order valence-corrected chi connectivity index (χ1v) is 5.17. The van der Waals surface area contributed by atoms with E-state index in [-0.39, 0.29) is 12.0 Å². The van der Waals surface area contributed by atoms with Crippen molar-refractivity contribution in [3.8, 4) is 0 Å². The summed E-state index contributed by atoms with van der Waals surface area (Å²) in [5, 5.41) is 0. The molecular weight excluding hydrogens is 196 g/mol. The molecule has 0 bridgehead atoms. The highest BCUT2D eigenvalue weighted by molar-refractivity contribution is 5.81. The van der Waals surface area contributed by atoms with E-state index in [9.17, 15) is 4.79 Å². The molecule has 0 saturated carbocycles. The topological polar surface area (TPSA) is 44.8 Å². The fourth-order valence-corrected chi connectivity index (χ4v) is 1.33. The fourth-order valence-electron chi connectivity index (χ4n) is 1.33. The van der Waals surface area contributed by atoms with E-state index in [1.54, 1.807) is 0 Å². The summed E-state index contributed by atoms with van der Waals surface area (Å²) in [4.78, 5) is 10.7. The van der Waals surface area contributed by atoms with Crippen molar-refractivity contribution < 1.29 is 19.0 Å². The van der Waals surface area contributed by atoms with Gasteiger partial charge in [0, 0.05) is 11.5 Å². The number of carbonyl (C=O) groups excluding carboxylic acids is 1. The maximum atomic E-state index is 10.7. The molecule has 1 rings (SSSR count). The highest BCUT2D eigenvalue weighted by Gasteiger charge is 2.36. The minimum Gasteiger partial charge on any atom is -0.460 e. The number of rotatable bonds is 7. The van der Waals surface area contributed by atoms with Gasteiger partial charge in [0.15, 0.2) is 0 Å². The van der Waals surface area contributed by atoms with Gasteiger partial charge in [-0.3, -0.25) is 0 Å². The van der Waals surface area contributed by atoms with Crippen molar-refractivity contribution in [2.45, 2.75) is 13.3 Å². The zero-order chi connectivity index (χ0) is 11.1. The maximum Gasteiger partial charge on any atom is 0.330 e. The van der Waals surface area contributed by atoms with Crippen LogP contribution in [0.4, 0.5) is 0 Å². The average Bonchev–Trinajstić information content (AvgIpc) is 2.20. The molecule has 0 amide bonds. The highest BCUT2D eigenvalue weighted by Crippen LogP contribution is 2.31. The van der Waals surface area contributed by atoms with Crippen molar-refractivity contribution in [3.63, 3.8) is 0 Å². The van der Waals surface area contributed by atoms with E-state index in [4.69, 9.17) is 14.2 Å². The van der Waals surface area contributed by atoms with Crippen LogP contribution in [-0.4, -0.2) is 39.0 Å². The zero-order valence-electron chi connectivity index (χ0n) is 9.16. The lowest BCUT2D eigenvalue weighted by Gasteiger charge is -2.40. The maximum absolute atomic E-state index is 10.7. The number of esters is 1. The number of ether oxygens (including phenoxy) is 3. The van der Waals surface area contributed by atoms with Crippen LogP contribution in [0.15, 0.2) is 12.7 Å². The van der Waals surface area contributed by atoms with Crippen molar-refractivity contribution in [1.29, 1.82) is 0 Å². The van der Waals surface area contributed by atoms with Gasteiger partial charge >= 0.3 is 5.97 Å². The van der Waals surface area contributed by atoms with Crippen molar-refractivity contribution >= 4 is 5.97 Å². The molecule has 1 saturated heterocycles. The van der Waals surface area contributed by atoms with Crippen molar-refractivity contribution in [2.24, 2.45) is 5.41 Å². The molecule has 0 aromatic rings. The largest absolute Gasteiger partial charge is 0.460 e. The van der Waals surface area contributed by atoms with Crippen molar-refractivity contribution in [2.75, 3.05) is 33.0 Å². The molecular formula is C11H18O4. The molecule has 0 N–H and O–H groups in total. The first-order chi connectivity index (χ1) is 7.22. The summed E-state index contributed by atoms with van der Waals surface area (Å²) in [5.74, 6) is -0.407. The Bertz CT molecular complexity index is 215. The van der Waals surface area contributed by atoms with Crippen molar-refractivity contribution in [1.82, 2.24) is 0 Å². The molecule has 4 nitrogen and oxygen atoms in total. The van der Waals surface area contributed by atoms with Gasteiger partial charge in [-0.05, 0) is 6.42 Å². The van der Waals surface area contributed by atoms with Gasteiger partial charge in [0.1, 0.15) is 6.61 Å². The Hall–Kier alpha value is -0.870. The minimum absolute atomic E-state index is 0.197. The van der Waals surface area contributed by atoms with Crippen LogP contribution in [-0.2, 0) is 19.0 Å². The van der Waals surface area contributed by atoms with Crippen LogP contribution in [0.2, 0.25) is 0 Å². The first kappa shape index (κ1) is 12.2. The molecule has 1 heterocycles. The Morgan fingerprint density at radius 2 is 2.27 bits per heavy atom. The lowest BCUT2D eigenvalue weighted by atomic mass is 9.84. The Morgan fingerprint density at radius 1 is 1.53 bits per heavy atom. The van der Waals surface area contributed by atoms with Crippen LogP contribution in [0.25, 0.3) is 0 Å². The van der Waals surface area contributed by atoms with E-state index in [0.29, 0.717) is 13.2 Å². The number of carbonyl (C=O) groups is 1. The summed E-state index contributed by atoms with van der Waals surface area (Å²) < 4.78 is 15.4. The van der Waals surface area contributed by atoms with Crippen molar-refractivity contribution in [3.05, 3.63) is 12.7 Å². The van der Waals surface area contributed by atoms with Crippen LogP contribution in [0.3, 0.4) is 0 Å². The number of hydrogen-bond donors (Lipinski definition) is 0. The van der Waals surface area contributed by atoms with Gasteiger partial charge in [-0.2, -0.15) is 0 Å². The molecule has 0 radical (unpaired) electrons. The van der Waals surface area contributed by atoms with E-state index in [0.717, 1.165) is 25.7 Å². The Labute approximate surface area is 90.2 Å². The summed E-state index contributed by atoms with van der Waals surface area (Å²) >= 11 is 0. The van der Waals surface area contributed by atoms with Gasteiger partial charge in [-0.15, -0.1) is 0 Å². The summed E-state index contributed by atoms with van der Waals surface area (Å²) in [6.45, 7) is 8.37. The van der Waals surface area contributed by atoms with E-state index in [1.165, 1.54) is 0 Å². The van der Waals surface area contributed by atoms with Crippen LogP contribution < -0.4 is 0 Å². The van der Waals surface area contributed by atoms with Gasteiger partial charge in [-0.1, -0.05) is 13.5 Å². The predicted octanol–water partition coefficient (Wildman–Crippen LogP) is 1.16. The summed E-state index contributed by atoms with van der Waals surface area (Å²) in [5.41, 5.74) is 0.197. The molecule has 0 aliphatic carbocycles. The average molecular weight is 214 g/mol. The Morgan fingerprint density at radius 3 is 2.73 bits per heavy atom. The fraction of sp³-hybridized carbons (Fsp3) is 0.727. The third-order valence-corrected chi connectivity index (χ3v) is 2.61. The van der Waals surface area contributed by atoms with Gasteiger partial charge < -0.3 is 14.2 Å². The van der Waals surface area contributed by atoms with Crippen LogP contribution in [0, 0.1) is 5.41 Å². The minimum atomic E-state index is -0.407. The van der Waals surface area contributed by atoms with Gasteiger partial charge in [-0.25, -0.2) is 4.79 Å². The van der Waals surface area contributed by atoms with Crippen LogP contribution >= 0.6 is 0 Å². The normalized spacial score (nSPS) is 17.9. The summed E-state index contributed by atoms with van der Waals surface area (Å²) in [6.07, 6.45) is 2.20. The van der Waals surface area contributed by atoms with Crippen LogP contribution in [0.5, 0.6) is 0 Å². The smallest absolute Gasteiger partial charge is 0.330 e. The number of hydrogen-bond acceptors (Lipinski definition) is 4. The lowest BCUT2D eigenvalue weighted by Crippen LogP contribution is -2.45. The zero-order valence-corrected chi connectivity index (χ0v) is 9.16. The van der Waals surface area contributed by atoms with Gasteiger partial charge in [0.05, 0.1) is 26.4 Å². The third-order valence-electron chi connectivity index (χ3n) is 2.61. The molecule has 0 unspecified atom stereocenters. The molecule has 1 aliphatic heterocycles. The van der Waals surface area contributed by atoms with E-state index < -0.39 is 5.97 Å². The van der Waals surface area contributed by atoms with Crippen LogP contribution in [0.1, 0.15) is 13.3 Å². The molecule has 1 fully saturated rings. The predicted molar refractivity (Wildman–Crippen MR) is 55.5 cm³/mol. The molecule has 0 aromatic carbocycles. The SMILES string of the molecule is C=CC(=O)OCCOCC1(CC)COC1. The summed E-state index contributed by atoms with van der Waals surface area (Å²) in [7, 11) is 0. The molecule has 1 aliphatic rings. The highest BCUT2D eigenvalue weighted by atomic mass is 16.6. The molecule has 0 aromatic heterocycles. The monoisotopic (exact) mass is 214 g/mol. The summed E-state index contributed by atoms with van der Waals surface area (Å²) in [6, 6.07) is 0. The van der Waals surface area contributed by atoms with E-state index in [1.807, 2.05) is 0 Å². The molecule has 0 atom stereocenters. The third kappa shape index (κ3) is 3.64. The Balaban J connectivity index is 2.01. The van der Waals surface area contributed by atoms with Gasteiger partial charge in [0.2, 0.25) is 0 Å². The first-order valence-electron chi connectivity index (χ1n) is 5.17. The second-order valence-electron chi connectivity index (χ2n) is 3.77. The molecule has 0 spiro atoms. The quantitative estimate of drug-likeness (QED) is 0.362. The second-order valence-corrected chi connectivity index (χ2v) is 3.77. The van der Waals surface area contributed by atoms with E-state index >= 15 is 0 Å². The standard InChI is InChI=1S/C11H18O4/c1-3-10(12)15-6-5-13-7-11(4-2)8-14-9-11/h3H,1,4-9H2,2H3. The molecule has 4 heteroatoms. The lowest BCUT2D eigenvalue weighted by molar-refractivity contribution is -0.156. The van der Waals surface area contributed by atoms with E-state index in [2.05, 4.69) is 13.5 Å². The second kappa shape index (κ2) is 5.88. The molecule has 15 heavy (non-hydrogen) atoms. The van der Waals surface area contributed by atoms with Gasteiger partial charge in [0.25, 0.3) is 0 Å². The Kier molecular flexibility index (Phi) is 4.78.